The number of carbonyl (C=O) groups is 1. The summed E-state index contributed by atoms with van der Waals surface area (Å²) in [6.07, 6.45) is 2.85. The van der Waals surface area contributed by atoms with Gasteiger partial charge in [0.15, 0.2) is 0 Å². The van der Waals surface area contributed by atoms with E-state index in [0.29, 0.717) is 11.9 Å². The standard InChI is InChI=1S/C16H17N3O/c1-11-9-13-5-3-4-6-15(13)19(11)14-7-8-16(17-10-14)18-12(2)20/h3-8,10-11H,9H2,1-2H3,(H,17,18,20). The lowest BCUT2D eigenvalue weighted by molar-refractivity contribution is -0.114. The second-order valence-corrected chi connectivity index (χ2v) is 5.13. The Morgan fingerprint density at radius 1 is 1.30 bits per heavy atom. The largest absolute Gasteiger partial charge is 0.337 e. The molecule has 0 fully saturated rings. The predicted molar refractivity (Wildman–Crippen MR) is 80.3 cm³/mol. The molecule has 0 spiro atoms. The zero-order valence-corrected chi connectivity index (χ0v) is 11.6. The third-order valence-corrected chi connectivity index (χ3v) is 3.54. The quantitative estimate of drug-likeness (QED) is 0.909. The van der Waals surface area contributed by atoms with Crippen LogP contribution in [0.1, 0.15) is 19.4 Å². The molecule has 3 rings (SSSR count). The van der Waals surface area contributed by atoms with Crippen LogP contribution in [0.3, 0.4) is 0 Å². The van der Waals surface area contributed by atoms with Crippen molar-refractivity contribution in [1.82, 2.24) is 4.98 Å². The molecule has 2 heterocycles. The van der Waals surface area contributed by atoms with Crippen LogP contribution in [0.5, 0.6) is 0 Å². The normalized spacial score (nSPS) is 16.9. The van der Waals surface area contributed by atoms with Crippen LogP contribution < -0.4 is 10.2 Å². The number of nitrogens with one attached hydrogen (secondary N) is 1. The summed E-state index contributed by atoms with van der Waals surface area (Å²) in [4.78, 5) is 17.6. The summed E-state index contributed by atoms with van der Waals surface area (Å²) < 4.78 is 0. The lowest BCUT2D eigenvalue weighted by atomic mass is 10.1. The summed E-state index contributed by atoms with van der Waals surface area (Å²) in [7, 11) is 0. The van der Waals surface area contributed by atoms with E-state index in [-0.39, 0.29) is 5.91 Å². The maximum absolute atomic E-state index is 11.0. The SMILES string of the molecule is CC(=O)Nc1ccc(N2c3ccccc3CC2C)cn1. The number of carbonyl (C=O) groups excluding carboxylic acids is 1. The average molecular weight is 267 g/mol. The number of aromatic nitrogens is 1. The molecule has 2 aromatic rings. The van der Waals surface area contributed by atoms with Gasteiger partial charge in [-0.1, -0.05) is 18.2 Å². The molecule has 1 atom stereocenters. The highest BCUT2D eigenvalue weighted by Gasteiger charge is 2.26. The second kappa shape index (κ2) is 4.96. The van der Waals surface area contributed by atoms with Crippen LogP contribution in [0, 0.1) is 0 Å². The first kappa shape index (κ1) is 12.7. The number of para-hydroxylation sites is 1. The molecule has 4 heteroatoms. The number of hydrogen-bond acceptors (Lipinski definition) is 3. The van der Waals surface area contributed by atoms with Gasteiger partial charge in [0.1, 0.15) is 5.82 Å². The molecule has 1 aromatic carbocycles. The fraction of sp³-hybridized carbons (Fsp3) is 0.250. The lowest BCUT2D eigenvalue weighted by Gasteiger charge is -2.24. The minimum absolute atomic E-state index is 0.106. The molecule has 1 aromatic heterocycles. The van der Waals surface area contributed by atoms with Crippen molar-refractivity contribution in [2.45, 2.75) is 26.3 Å². The van der Waals surface area contributed by atoms with Crippen LogP contribution in [0.2, 0.25) is 0 Å². The Morgan fingerprint density at radius 2 is 2.10 bits per heavy atom. The van der Waals surface area contributed by atoms with Gasteiger partial charge in [-0.25, -0.2) is 4.98 Å². The van der Waals surface area contributed by atoms with Gasteiger partial charge in [-0.2, -0.15) is 0 Å². The molecule has 1 unspecified atom stereocenters. The number of anilines is 3. The number of nitrogens with zero attached hydrogens (tertiary/aromatic N) is 2. The van der Waals surface area contributed by atoms with Crippen LogP contribution in [0.15, 0.2) is 42.6 Å². The monoisotopic (exact) mass is 267 g/mol. The number of fused-ring (bicyclic) bond motifs is 1. The molecule has 0 bridgehead atoms. The fourth-order valence-corrected chi connectivity index (χ4v) is 2.74. The first-order valence-electron chi connectivity index (χ1n) is 6.76. The van der Waals surface area contributed by atoms with Crippen LogP contribution in [0.25, 0.3) is 0 Å². The summed E-state index contributed by atoms with van der Waals surface area (Å²) in [6.45, 7) is 3.69. The number of pyridine rings is 1. The van der Waals surface area contributed by atoms with Gasteiger partial charge in [0.05, 0.1) is 11.9 Å². The van der Waals surface area contributed by atoms with Gasteiger partial charge in [0.25, 0.3) is 0 Å². The van der Waals surface area contributed by atoms with Crippen molar-refractivity contribution in [3.05, 3.63) is 48.2 Å². The molecule has 1 N–H and O–H groups in total. The van der Waals surface area contributed by atoms with E-state index in [0.717, 1.165) is 12.1 Å². The molecule has 4 nitrogen and oxygen atoms in total. The Bertz CT molecular complexity index is 636. The van der Waals surface area contributed by atoms with Gasteiger partial charge >= 0.3 is 0 Å². The van der Waals surface area contributed by atoms with E-state index < -0.39 is 0 Å². The molecule has 0 saturated heterocycles. The zero-order chi connectivity index (χ0) is 14.1. The Morgan fingerprint density at radius 3 is 2.80 bits per heavy atom. The van der Waals surface area contributed by atoms with E-state index in [1.54, 1.807) is 0 Å². The number of amides is 1. The van der Waals surface area contributed by atoms with Crippen molar-refractivity contribution in [3.8, 4) is 0 Å². The summed E-state index contributed by atoms with van der Waals surface area (Å²) in [5.41, 5.74) is 3.66. The first-order chi connectivity index (χ1) is 9.65. The second-order valence-electron chi connectivity index (χ2n) is 5.13. The molecule has 1 aliphatic heterocycles. The summed E-state index contributed by atoms with van der Waals surface area (Å²) >= 11 is 0. The third-order valence-electron chi connectivity index (χ3n) is 3.54. The predicted octanol–water partition coefficient (Wildman–Crippen LogP) is 3.12. The molecule has 102 valence electrons. The van der Waals surface area contributed by atoms with E-state index in [1.807, 2.05) is 18.3 Å². The summed E-state index contributed by atoms with van der Waals surface area (Å²) in [6, 6.07) is 12.7. The first-order valence-corrected chi connectivity index (χ1v) is 6.76. The third kappa shape index (κ3) is 2.25. The van der Waals surface area contributed by atoms with Gasteiger partial charge in [0, 0.05) is 18.7 Å². The van der Waals surface area contributed by atoms with E-state index in [4.69, 9.17) is 0 Å². The van der Waals surface area contributed by atoms with Gasteiger partial charge in [-0.15, -0.1) is 0 Å². The van der Waals surface area contributed by atoms with Crippen LogP contribution >= 0.6 is 0 Å². The number of benzene rings is 1. The smallest absolute Gasteiger partial charge is 0.222 e. The molecule has 20 heavy (non-hydrogen) atoms. The molecule has 0 saturated carbocycles. The van der Waals surface area contributed by atoms with E-state index in [9.17, 15) is 4.79 Å². The highest BCUT2D eigenvalue weighted by Crippen LogP contribution is 2.37. The van der Waals surface area contributed by atoms with Crippen LogP contribution in [0.4, 0.5) is 17.2 Å². The molecule has 0 aliphatic carbocycles. The highest BCUT2D eigenvalue weighted by molar-refractivity contribution is 5.87. The maximum Gasteiger partial charge on any atom is 0.222 e. The minimum atomic E-state index is -0.106. The fourth-order valence-electron chi connectivity index (χ4n) is 2.74. The summed E-state index contributed by atoms with van der Waals surface area (Å²) in [5.74, 6) is 0.478. The van der Waals surface area contributed by atoms with Gasteiger partial charge in [-0.05, 0) is 37.1 Å². The summed E-state index contributed by atoms with van der Waals surface area (Å²) in [5, 5.41) is 2.68. The van der Waals surface area contributed by atoms with Crippen molar-refractivity contribution < 1.29 is 4.79 Å². The molecular weight excluding hydrogens is 250 g/mol. The van der Waals surface area contributed by atoms with E-state index in [1.165, 1.54) is 18.2 Å². The Balaban J connectivity index is 1.91. The number of rotatable bonds is 2. The molecule has 1 aliphatic rings. The van der Waals surface area contributed by atoms with E-state index in [2.05, 4.69) is 46.4 Å². The van der Waals surface area contributed by atoms with Crippen molar-refractivity contribution in [2.24, 2.45) is 0 Å². The van der Waals surface area contributed by atoms with Crippen LogP contribution in [-0.4, -0.2) is 16.9 Å². The topological polar surface area (TPSA) is 45.2 Å². The Hall–Kier alpha value is -2.36. The minimum Gasteiger partial charge on any atom is -0.337 e. The zero-order valence-electron chi connectivity index (χ0n) is 11.6. The highest BCUT2D eigenvalue weighted by atomic mass is 16.1. The van der Waals surface area contributed by atoms with Crippen LogP contribution in [-0.2, 0) is 11.2 Å². The molecular formula is C16H17N3O. The lowest BCUT2D eigenvalue weighted by Crippen LogP contribution is -2.24. The van der Waals surface area contributed by atoms with Crippen molar-refractivity contribution >= 4 is 23.1 Å². The number of hydrogen-bond donors (Lipinski definition) is 1. The Labute approximate surface area is 118 Å². The van der Waals surface area contributed by atoms with Gasteiger partial charge < -0.3 is 10.2 Å². The van der Waals surface area contributed by atoms with Crippen molar-refractivity contribution in [2.75, 3.05) is 10.2 Å². The molecule has 1 amide bonds. The Kier molecular flexibility index (Phi) is 3.14. The molecule has 0 radical (unpaired) electrons. The maximum atomic E-state index is 11.0. The van der Waals surface area contributed by atoms with Crippen molar-refractivity contribution in [3.63, 3.8) is 0 Å². The average Bonchev–Trinajstić information content (AvgIpc) is 2.75. The van der Waals surface area contributed by atoms with Crippen molar-refractivity contribution in [1.29, 1.82) is 0 Å². The van der Waals surface area contributed by atoms with Gasteiger partial charge in [0.2, 0.25) is 5.91 Å². The van der Waals surface area contributed by atoms with Gasteiger partial charge in [-0.3, -0.25) is 4.79 Å². The van der Waals surface area contributed by atoms with E-state index >= 15 is 0 Å².